The van der Waals surface area contributed by atoms with E-state index >= 15 is 0 Å². The molecular weight excluding hydrogens is 444 g/mol. The van der Waals surface area contributed by atoms with Gasteiger partial charge in [-0.1, -0.05) is 0 Å². The van der Waals surface area contributed by atoms with Crippen LogP contribution in [0.2, 0.25) is 0 Å². The summed E-state index contributed by atoms with van der Waals surface area (Å²) in [5.41, 5.74) is 0.976. The lowest BCUT2D eigenvalue weighted by molar-refractivity contribution is -0.119. The third kappa shape index (κ3) is 4.56. The minimum atomic E-state index is -0.830. The van der Waals surface area contributed by atoms with Crippen LogP contribution in [0.1, 0.15) is 47.2 Å². The van der Waals surface area contributed by atoms with E-state index in [1.165, 1.54) is 55.8 Å². The number of nitrogens with one attached hydrogen (secondary N) is 1. The first kappa shape index (κ1) is 22.5. The van der Waals surface area contributed by atoms with E-state index in [-0.39, 0.29) is 23.2 Å². The molecule has 1 aromatic heterocycles. The molecule has 1 aliphatic heterocycles. The smallest absolute Gasteiger partial charge is 0.338 e. The maximum absolute atomic E-state index is 12.7. The third-order valence-electron chi connectivity index (χ3n) is 5.02. The van der Waals surface area contributed by atoms with Gasteiger partial charge in [0.1, 0.15) is 5.76 Å². The summed E-state index contributed by atoms with van der Waals surface area (Å²) in [6, 6.07) is 13.2. The molecule has 3 aromatic rings. The van der Waals surface area contributed by atoms with Crippen LogP contribution in [0.4, 0.5) is 5.69 Å². The largest absolute Gasteiger partial charge is 0.467 e. The Hall–Kier alpha value is -4.73. The van der Waals surface area contributed by atoms with Crippen LogP contribution >= 0.6 is 0 Å². The van der Waals surface area contributed by atoms with Crippen LogP contribution in [-0.2, 0) is 20.8 Å². The highest BCUT2D eigenvalue weighted by Crippen LogP contribution is 2.26. The van der Waals surface area contributed by atoms with Crippen LogP contribution in [-0.4, -0.2) is 48.3 Å². The molecule has 172 valence electrons. The number of anilines is 1. The van der Waals surface area contributed by atoms with Gasteiger partial charge in [0.15, 0.2) is 6.61 Å². The van der Waals surface area contributed by atoms with E-state index in [4.69, 9.17) is 9.15 Å². The Kier molecular flexibility index (Phi) is 6.22. The molecule has 0 radical (unpaired) electrons. The summed E-state index contributed by atoms with van der Waals surface area (Å²) in [6.07, 6.45) is 1.44. The number of hydrogen-bond donors (Lipinski definition) is 1. The van der Waals surface area contributed by atoms with Crippen LogP contribution in [0.5, 0.6) is 0 Å². The molecule has 0 unspecified atom stereocenters. The van der Waals surface area contributed by atoms with Crippen LogP contribution in [0.15, 0.2) is 65.3 Å². The van der Waals surface area contributed by atoms with Crippen LogP contribution < -0.4 is 5.32 Å². The highest BCUT2D eigenvalue weighted by Gasteiger charge is 2.36. The maximum atomic E-state index is 12.7. The first-order valence-electron chi connectivity index (χ1n) is 10.1. The van der Waals surface area contributed by atoms with Gasteiger partial charge in [-0.3, -0.25) is 19.3 Å². The predicted molar refractivity (Wildman–Crippen MR) is 116 cm³/mol. The quantitative estimate of drug-likeness (QED) is 0.419. The van der Waals surface area contributed by atoms with E-state index in [2.05, 4.69) is 10.1 Å². The highest BCUT2D eigenvalue weighted by molar-refractivity contribution is 6.21. The Morgan fingerprint density at radius 2 is 1.62 bits per heavy atom. The Morgan fingerprint density at radius 3 is 2.29 bits per heavy atom. The molecule has 0 bridgehead atoms. The van der Waals surface area contributed by atoms with E-state index in [1.54, 1.807) is 12.1 Å². The topological polar surface area (TPSA) is 132 Å². The number of fused-ring (bicyclic) bond motifs is 1. The summed E-state index contributed by atoms with van der Waals surface area (Å²) in [4.78, 5) is 62.2. The lowest BCUT2D eigenvalue weighted by atomic mass is 10.1. The normalized spacial score (nSPS) is 12.3. The van der Waals surface area contributed by atoms with Gasteiger partial charge in [-0.15, -0.1) is 0 Å². The first-order chi connectivity index (χ1) is 16.4. The van der Waals surface area contributed by atoms with Crippen molar-refractivity contribution in [3.05, 3.63) is 88.9 Å². The zero-order valence-electron chi connectivity index (χ0n) is 17.9. The second-order valence-corrected chi connectivity index (χ2v) is 7.23. The van der Waals surface area contributed by atoms with Gasteiger partial charge in [-0.25, -0.2) is 9.59 Å². The predicted octanol–water partition coefficient (Wildman–Crippen LogP) is 2.66. The van der Waals surface area contributed by atoms with Gasteiger partial charge in [-0.2, -0.15) is 0 Å². The summed E-state index contributed by atoms with van der Waals surface area (Å²) in [7, 11) is 1.26. The number of imide groups is 1. The van der Waals surface area contributed by atoms with Crippen LogP contribution in [0.25, 0.3) is 0 Å². The number of methoxy groups -OCH3 is 1. The second-order valence-electron chi connectivity index (χ2n) is 7.23. The fourth-order valence-corrected chi connectivity index (χ4v) is 3.34. The minimum Gasteiger partial charge on any atom is -0.467 e. The van der Waals surface area contributed by atoms with Crippen LogP contribution in [0.3, 0.4) is 0 Å². The van der Waals surface area contributed by atoms with Gasteiger partial charge < -0.3 is 19.2 Å². The van der Waals surface area contributed by atoms with E-state index in [0.29, 0.717) is 17.0 Å². The van der Waals surface area contributed by atoms with Gasteiger partial charge in [0.05, 0.1) is 42.2 Å². The molecule has 10 heteroatoms. The maximum Gasteiger partial charge on any atom is 0.338 e. The van der Waals surface area contributed by atoms with Crippen molar-refractivity contribution in [1.29, 1.82) is 0 Å². The van der Waals surface area contributed by atoms with E-state index in [1.807, 2.05) is 0 Å². The number of carbonyl (C=O) groups is 5. The van der Waals surface area contributed by atoms with Crippen molar-refractivity contribution >= 4 is 35.3 Å². The summed E-state index contributed by atoms with van der Waals surface area (Å²) in [5.74, 6) is -2.54. The minimum absolute atomic E-state index is 0.0231. The fourth-order valence-electron chi connectivity index (χ4n) is 3.34. The Bertz CT molecular complexity index is 1280. The third-order valence-corrected chi connectivity index (χ3v) is 5.02. The number of benzene rings is 2. The molecule has 1 N–H and O–H groups in total. The second kappa shape index (κ2) is 9.41. The summed E-state index contributed by atoms with van der Waals surface area (Å²) >= 11 is 0. The van der Waals surface area contributed by atoms with E-state index in [9.17, 15) is 24.0 Å². The number of hydrogen-bond acceptors (Lipinski definition) is 8. The molecule has 4 rings (SSSR count). The molecule has 1 aliphatic rings. The van der Waals surface area contributed by atoms with Gasteiger partial charge in [0, 0.05) is 5.69 Å². The molecule has 10 nitrogen and oxygen atoms in total. The van der Waals surface area contributed by atoms with Gasteiger partial charge in [0.2, 0.25) is 0 Å². The van der Waals surface area contributed by atoms with Crippen molar-refractivity contribution in [3.8, 4) is 0 Å². The lowest BCUT2D eigenvalue weighted by Crippen LogP contribution is -2.28. The Morgan fingerprint density at radius 1 is 0.912 bits per heavy atom. The van der Waals surface area contributed by atoms with Crippen molar-refractivity contribution in [2.75, 3.05) is 19.0 Å². The summed E-state index contributed by atoms with van der Waals surface area (Å²) in [6.45, 7) is -0.605. The van der Waals surface area contributed by atoms with Crippen molar-refractivity contribution in [2.45, 2.75) is 6.54 Å². The number of amides is 3. The summed E-state index contributed by atoms with van der Waals surface area (Å²) < 4.78 is 14.8. The molecule has 0 atom stereocenters. The molecule has 0 spiro atoms. The zero-order chi connectivity index (χ0) is 24.2. The average Bonchev–Trinajstić information content (AvgIpc) is 3.45. The zero-order valence-corrected chi connectivity index (χ0v) is 17.9. The Balaban J connectivity index is 1.36. The SMILES string of the molecule is COC(=O)c1ccc(NC(=O)COC(=O)c2ccc3c(c2)C(=O)N(Cc2ccco2)C3=O)cc1. The molecule has 34 heavy (non-hydrogen) atoms. The highest BCUT2D eigenvalue weighted by atomic mass is 16.5. The number of esters is 2. The molecule has 3 amide bonds. The van der Waals surface area contributed by atoms with Crippen molar-refractivity contribution < 1.29 is 37.9 Å². The number of furan rings is 1. The van der Waals surface area contributed by atoms with Gasteiger partial charge in [-0.05, 0) is 54.6 Å². The molecule has 0 aliphatic carbocycles. The molecule has 0 fully saturated rings. The van der Waals surface area contributed by atoms with E-state index < -0.39 is 36.3 Å². The number of ether oxygens (including phenoxy) is 2. The molecule has 0 saturated carbocycles. The number of carbonyl (C=O) groups excluding carboxylic acids is 5. The van der Waals surface area contributed by atoms with Crippen molar-refractivity contribution in [1.82, 2.24) is 4.90 Å². The molecule has 2 heterocycles. The number of nitrogens with zero attached hydrogens (tertiary/aromatic N) is 1. The Labute approximate surface area is 193 Å². The number of rotatable bonds is 7. The van der Waals surface area contributed by atoms with Crippen molar-refractivity contribution in [2.24, 2.45) is 0 Å². The van der Waals surface area contributed by atoms with Crippen LogP contribution in [0, 0.1) is 0 Å². The molecular formula is C24H18N2O8. The molecule has 0 saturated heterocycles. The lowest BCUT2D eigenvalue weighted by Gasteiger charge is -2.11. The summed E-state index contributed by atoms with van der Waals surface area (Å²) in [5, 5.41) is 2.53. The monoisotopic (exact) mass is 462 g/mol. The van der Waals surface area contributed by atoms with Gasteiger partial charge >= 0.3 is 11.9 Å². The first-order valence-corrected chi connectivity index (χ1v) is 10.1. The van der Waals surface area contributed by atoms with Gasteiger partial charge in [0.25, 0.3) is 17.7 Å². The fraction of sp³-hybridized carbons (Fsp3) is 0.125. The van der Waals surface area contributed by atoms with Crippen molar-refractivity contribution in [3.63, 3.8) is 0 Å². The average molecular weight is 462 g/mol. The molecule has 2 aromatic carbocycles. The van der Waals surface area contributed by atoms with E-state index in [0.717, 1.165) is 4.90 Å². The standard InChI is InChI=1S/C24H18N2O8/c1-32-23(30)14-4-7-16(8-5-14)25-20(27)13-34-24(31)15-6-9-18-19(11-15)22(29)26(21(18)28)12-17-3-2-10-33-17/h2-11H,12-13H2,1H3,(H,25,27).